The summed E-state index contributed by atoms with van der Waals surface area (Å²) in [6, 6.07) is 0. The first-order valence-corrected chi connectivity index (χ1v) is 6.44. The quantitative estimate of drug-likeness (QED) is 0.445. The lowest BCUT2D eigenvalue weighted by atomic mass is 10.2. The lowest BCUT2D eigenvalue weighted by Gasteiger charge is -1.86. The molecular formula is C13H28O3. The van der Waals surface area contributed by atoms with Crippen LogP contribution in [-0.4, -0.2) is 23.8 Å². The second kappa shape index (κ2) is 14.4. The Bertz CT molecular complexity index is 125. The van der Waals surface area contributed by atoms with E-state index in [1.54, 1.807) is 0 Å². The van der Waals surface area contributed by atoms with Crippen LogP contribution in [0.3, 0.4) is 0 Å². The summed E-state index contributed by atoms with van der Waals surface area (Å²) in [5.74, 6) is 0. The molecule has 0 bridgehead atoms. The summed E-state index contributed by atoms with van der Waals surface area (Å²) >= 11 is 0. The molecule has 1 rings (SSSR count). The minimum absolute atomic E-state index is 0.250. The SMILES string of the molecule is CCC1OC1CC.CCCCCC.O=CO. The minimum Gasteiger partial charge on any atom is -0.483 e. The summed E-state index contributed by atoms with van der Waals surface area (Å²) < 4.78 is 5.22. The van der Waals surface area contributed by atoms with Gasteiger partial charge in [-0.3, -0.25) is 4.79 Å². The molecule has 1 saturated heterocycles. The van der Waals surface area contributed by atoms with E-state index in [1.807, 2.05) is 0 Å². The maximum absolute atomic E-state index is 8.36. The summed E-state index contributed by atoms with van der Waals surface area (Å²) in [4.78, 5) is 8.36. The van der Waals surface area contributed by atoms with Gasteiger partial charge in [-0.1, -0.05) is 53.4 Å². The summed E-state index contributed by atoms with van der Waals surface area (Å²) in [6.45, 7) is 8.55. The molecule has 0 aromatic rings. The van der Waals surface area contributed by atoms with Gasteiger partial charge in [-0.05, 0) is 12.8 Å². The molecule has 16 heavy (non-hydrogen) atoms. The van der Waals surface area contributed by atoms with Crippen molar-refractivity contribution in [1.82, 2.24) is 0 Å². The van der Waals surface area contributed by atoms with E-state index in [-0.39, 0.29) is 6.47 Å². The second-order valence-corrected chi connectivity index (χ2v) is 3.84. The van der Waals surface area contributed by atoms with Crippen LogP contribution in [0, 0.1) is 0 Å². The van der Waals surface area contributed by atoms with Crippen molar-refractivity contribution in [2.75, 3.05) is 0 Å². The van der Waals surface area contributed by atoms with E-state index in [2.05, 4.69) is 27.7 Å². The molecule has 1 aliphatic heterocycles. The first kappa shape index (κ1) is 17.8. The Morgan fingerprint density at radius 3 is 1.44 bits per heavy atom. The van der Waals surface area contributed by atoms with Gasteiger partial charge >= 0.3 is 0 Å². The fraction of sp³-hybridized carbons (Fsp3) is 0.923. The van der Waals surface area contributed by atoms with Crippen LogP contribution in [0.2, 0.25) is 0 Å². The Labute approximate surface area is 100 Å². The van der Waals surface area contributed by atoms with Crippen LogP contribution < -0.4 is 0 Å². The molecule has 0 aromatic carbocycles. The topological polar surface area (TPSA) is 49.8 Å². The number of hydrogen-bond acceptors (Lipinski definition) is 2. The van der Waals surface area contributed by atoms with Gasteiger partial charge in [0.1, 0.15) is 0 Å². The number of ether oxygens (including phenoxy) is 1. The standard InChI is InChI=1S/C6H12O.C6H14.CH2O2/c1-3-5-6(4-2)7-5;1-3-5-6-4-2;2-1-3/h5-6H,3-4H2,1-2H3;3-6H2,1-2H3;1H,(H,2,3). The molecule has 0 aromatic heterocycles. The molecule has 0 spiro atoms. The Morgan fingerprint density at radius 1 is 1.00 bits per heavy atom. The van der Waals surface area contributed by atoms with Crippen LogP contribution in [0.25, 0.3) is 0 Å². The minimum atomic E-state index is -0.250. The number of epoxide rings is 1. The summed E-state index contributed by atoms with van der Waals surface area (Å²) in [6.07, 6.45) is 9.15. The zero-order valence-electron chi connectivity index (χ0n) is 11.2. The largest absolute Gasteiger partial charge is 0.483 e. The third-order valence-corrected chi connectivity index (χ3v) is 2.45. The molecule has 3 heteroatoms. The van der Waals surface area contributed by atoms with Crippen molar-refractivity contribution in [2.45, 2.75) is 78.4 Å². The van der Waals surface area contributed by atoms with Gasteiger partial charge in [-0.2, -0.15) is 0 Å². The monoisotopic (exact) mass is 232 g/mol. The molecule has 1 aliphatic rings. The van der Waals surface area contributed by atoms with E-state index in [0.717, 1.165) is 0 Å². The van der Waals surface area contributed by atoms with Gasteiger partial charge in [0, 0.05) is 0 Å². The Hall–Kier alpha value is -0.570. The Kier molecular flexibility index (Phi) is 16.1. The summed E-state index contributed by atoms with van der Waals surface area (Å²) in [5, 5.41) is 6.89. The number of carbonyl (C=O) groups is 1. The van der Waals surface area contributed by atoms with Crippen LogP contribution in [-0.2, 0) is 9.53 Å². The third kappa shape index (κ3) is 13.4. The van der Waals surface area contributed by atoms with Crippen molar-refractivity contribution in [3.8, 4) is 0 Å². The van der Waals surface area contributed by atoms with Crippen molar-refractivity contribution >= 4 is 6.47 Å². The van der Waals surface area contributed by atoms with E-state index in [4.69, 9.17) is 14.6 Å². The van der Waals surface area contributed by atoms with Gasteiger partial charge in [-0.25, -0.2) is 0 Å². The van der Waals surface area contributed by atoms with Crippen molar-refractivity contribution in [3.63, 3.8) is 0 Å². The fourth-order valence-electron chi connectivity index (χ4n) is 1.40. The fourth-order valence-corrected chi connectivity index (χ4v) is 1.40. The van der Waals surface area contributed by atoms with Crippen molar-refractivity contribution in [2.24, 2.45) is 0 Å². The van der Waals surface area contributed by atoms with Crippen molar-refractivity contribution in [3.05, 3.63) is 0 Å². The molecule has 2 unspecified atom stereocenters. The molecule has 3 nitrogen and oxygen atoms in total. The average Bonchev–Trinajstić information content (AvgIpc) is 3.07. The highest BCUT2D eigenvalue weighted by Crippen LogP contribution is 2.26. The maximum atomic E-state index is 8.36. The molecule has 0 amide bonds. The van der Waals surface area contributed by atoms with Gasteiger partial charge in [0.2, 0.25) is 0 Å². The Balaban J connectivity index is 0. The highest BCUT2D eigenvalue weighted by atomic mass is 16.6. The molecular weight excluding hydrogens is 204 g/mol. The highest BCUT2D eigenvalue weighted by molar-refractivity contribution is 5.32. The van der Waals surface area contributed by atoms with Gasteiger partial charge in [0.15, 0.2) is 0 Å². The van der Waals surface area contributed by atoms with Crippen LogP contribution in [0.4, 0.5) is 0 Å². The first-order chi connectivity index (χ1) is 7.71. The molecule has 1 N–H and O–H groups in total. The van der Waals surface area contributed by atoms with Gasteiger partial charge in [0.05, 0.1) is 12.2 Å². The van der Waals surface area contributed by atoms with Crippen molar-refractivity contribution < 1.29 is 14.6 Å². The molecule has 2 atom stereocenters. The van der Waals surface area contributed by atoms with Gasteiger partial charge in [0.25, 0.3) is 6.47 Å². The number of rotatable bonds is 5. The van der Waals surface area contributed by atoms with Gasteiger partial charge in [-0.15, -0.1) is 0 Å². The number of unbranched alkanes of at least 4 members (excludes halogenated alkanes) is 3. The third-order valence-electron chi connectivity index (χ3n) is 2.45. The lowest BCUT2D eigenvalue weighted by Crippen LogP contribution is -1.87. The van der Waals surface area contributed by atoms with Crippen LogP contribution >= 0.6 is 0 Å². The van der Waals surface area contributed by atoms with Crippen LogP contribution in [0.1, 0.15) is 66.2 Å². The Morgan fingerprint density at radius 2 is 1.31 bits per heavy atom. The van der Waals surface area contributed by atoms with E-state index < -0.39 is 0 Å². The molecule has 98 valence electrons. The van der Waals surface area contributed by atoms with Crippen LogP contribution in [0.15, 0.2) is 0 Å². The summed E-state index contributed by atoms with van der Waals surface area (Å²) in [7, 11) is 0. The van der Waals surface area contributed by atoms with E-state index in [9.17, 15) is 0 Å². The van der Waals surface area contributed by atoms with Crippen LogP contribution in [0.5, 0.6) is 0 Å². The highest BCUT2D eigenvalue weighted by Gasteiger charge is 2.34. The number of hydrogen-bond donors (Lipinski definition) is 1. The lowest BCUT2D eigenvalue weighted by molar-refractivity contribution is -0.122. The smallest absolute Gasteiger partial charge is 0.290 e. The van der Waals surface area contributed by atoms with E-state index >= 15 is 0 Å². The summed E-state index contributed by atoms with van der Waals surface area (Å²) in [5.41, 5.74) is 0. The van der Waals surface area contributed by atoms with E-state index in [1.165, 1.54) is 38.5 Å². The molecule has 1 fully saturated rings. The zero-order valence-corrected chi connectivity index (χ0v) is 11.2. The average molecular weight is 232 g/mol. The maximum Gasteiger partial charge on any atom is 0.290 e. The predicted molar refractivity (Wildman–Crippen MR) is 67.8 cm³/mol. The zero-order chi connectivity index (χ0) is 12.8. The van der Waals surface area contributed by atoms with Gasteiger partial charge < -0.3 is 9.84 Å². The molecule has 0 aliphatic carbocycles. The predicted octanol–water partition coefficient (Wildman–Crippen LogP) is 3.86. The van der Waals surface area contributed by atoms with E-state index in [0.29, 0.717) is 12.2 Å². The number of carboxylic acid groups (broad SMARTS) is 1. The normalized spacial score (nSPS) is 21.0. The molecule has 1 heterocycles. The molecule has 0 saturated carbocycles. The first-order valence-electron chi connectivity index (χ1n) is 6.44. The van der Waals surface area contributed by atoms with Crippen molar-refractivity contribution in [1.29, 1.82) is 0 Å². The molecule has 0 radical (unpaired) electrons. The second-order valence-electron chi connectivity index (χ2n) is 3.84.